The molecule has 2 aromatic heterocycles. The highest BCUT2D eigenvalue weighted by Gasteiger charge is 2.18. The van der Waals surface area contributed by atoms with Crippen LogP contribution in [0, 0.1) is 0 Å². The molecular weight excluding hydrogens is 384 g/mol. The fourth-order valence-electron chi connectivity index (χ4n) is 3.51. The van der Waals surface area contributed by atoms with E-state index in [0.29, 0.717) is 17.4 Å². The summed E-state index contributed by atoms with van der Waals surface area (Å²) in [6.45, 7) is 0.525. The number of halogens is 1. The molecule has 0 unspecified atom stereocenters. The maximum atomic E-state index is 13.1. The van der Waals surface area contributed by atoms with Crippen molar-refractivity contribution in [2.45, 2.75) is 6.54 Å². The van der Waals surface area contributed by atoms with Crippen molar-refractivity contribution in [3.05, 3.63) is 95.4 Å². The lowest BCUT2D eigenvalue weighted by molar-refractivity contribution is 0.101. The number of nitrogens with one attached hydrogen (secondary N) is 2. The van der Waals surface area contributed by atoms with Gasteiger partial charge in [0.1, 0.15) is 0 Å². The summed E-state index contributed by atoms with van der Waals surface area (Å²) in [6, 6.07) is 23.2. The maximum Gasteiger partial charge on any atom is 0.291 e. The molecule has 0 saturated carbocycles. The standard InChI is InChI=1S/C23H17ClN4O/c24-17-6-8-20-21(13-17)28(14-15-4-2-1-3-5-15)22(27-20)23(29)26-18-7-9-19-16(12-18)10-11-25-19/h1-13,25H,14H2,(H,26,29). The Labute approximate surface area is 172 Å². The second-order valence-corrected chi connectivity index (χ2v) is 7.31. The van der Waals surface area contributed by atoms with Crippen LogP contribution in [0.2, 0.25) is 5.02 Å². The van der Waals surface area contributed by atoms with E-state index in [1.54, 1.807) is 6.07 Å². The number of aromatic amines is 1. The number of carbonyl (C=O) groups is 1. The summed E-state index contributed by atoms with van der Waals surface area (Å²) in [6.07, 6.45) is 1.87. The van der Waals surface area contributed by atoms with Crippen LogP contribution in [-0.2, 0) is 6.54 Å². The number of carbonyl (C=O) groups excluding carboxylic acids is 1. The lowest BCUT2D eigenvalue weighted by Crippen LogP contribution is -2.18. The number of hydrogen-bond acceptors (Lipinski definition) is 2. The normalized spacial score (nSPS) is 11.2. The molecule has 0 aliphatic carbocycles. The fraction of sp³-hybridized carbons (Fsp3) is 0.0435. The average Bonchev–Trinajstić information content (AvgIpc) is 3.33. The van der Waals surface area contributed by atoms with Crippen LogP contribution in [0.25, 0.3) is 21.9 Å². The van der Waals surface area contributed by atoms with Gasteiger partial charge in [0.15, 0.2) is 0 Å². The summed E-state index contributed by atoms with van der Waals surface area (Å²) in [7, 11) is 0. The van der Waals surface area contributed by atoms with Gasteiger partial charge in [-0.2, -0.15) is 0 Å². The Morgan fingerprint density at radius 3 is 2.76 bits per heavy atom. The van der Waals surface area contributed by atoms with Crippen molar-refractivity contribution >= 4 is 45.1 Å². The quantitative estimate of drug-likeness (QED) is 0.420. The SMILES string of the molecule is O=C(Nc1ccc2[nH]ccc2c1)c1nc2ccc(Cl)cc2n1Cc1ccccc1. The van der Waals surface area contributed by atoms with E-state index in [4.69, 9.17) is 11.6 Å². The van der Waals surface area contributed by atoms with E-state index in [9.17, 15) is 4.79 Å². The molecule has 5 rings (SSSR count). The Morgan fingerprint density at radius 2 is 1.90 bits per heavy atom. The molecule has 6 heteroatoms. The van der Waals surface area contributed by atoms with Crippen molar-refractivity contribution in [1.29, 1.82) is 0 Å². The molecule has 29 heavy (non-hydrogen) atoms. The zero-order valence-corrected chi connectivity index (χ0v) is 16.1. The lowest BCUT2D eigenvalue weighted by atomic mass is 10.2. The van der Waals surface area contributed by atoms with Crippen molar-refractivity contribution in [3.63, 3.8) is 0 Å². The molecule has 0 spiro atoms. The summed E-state index contributed by atoms with van der Waals surface area (Å²) in [4.78, 5) is 20.9. The predicted octanol–water partition coefficient (Wildman–Crippen LogP) is 5.47. The molecule has 5 nitrogen and oxygen atoms in total. The van der Waals surface area contributed by atoms with Gasteiger partial charge in [0.25, 0.3) is 5.91 Å². The highest BCUT2D eigenvalue weighted by molar-refractivity contribution is 6.31. The topological polar surface area (TPSA) is 62.7 Å². The molecule has 5 aromatic rings. The van der Waals surface area contributed by atoms with Gasteiger partial charge in [-0.15, -0.1) is 0 Å². The van der Waals surface area contributed by atoms with Crippen LogP contribution in [0.3, 0.4) is 0 Å². The Balaban J connectivity index is 1.55. The number of benzene rings is 3. The van der Waals surface area contributed by atoms with Crippen molar-refractivity contribution in [1.82, 2.24) is 14.5 Å². The van der Waals surface area contributed by atoms with Crippen LogP contribution in [0.1, 0.15) is 16.2 Å². The minimum absolute atomic E-state index is 0.261. The Hall–Kier alpha value is -3.57. The zero-order chi connectivity index (χ0) is 19.8. The van der Waals surface area contributed by atoms with Crippen LogP contribution >= 0.6 is 11.6 Å². The second-order valence-electron chi connectivity index (χ2n) is 6.87. The molecule has 2 heterocycles. The van der Waals surface area contributed by atoms with E-state index in [1.165, 1.54) is 0 Å². The third kappa shape index (κ3) is 3.37. The van der Waals surface area contributed by atoms with Crippen molar-refractivity contribution in [3.8, 4) is 0 Å². The zero-order valence-electron chi connectivity index (χ0n) is 15.4. The molecule has 0 fully saturated rings. The largest absolute Gasteiger partial charge is 0.361 e. The van der Waals surface area contributed by atoms with Crippen molar-refractivity contribution in [2.24, 2.45) is 0 Å². The van der Waals surface area contributed by atoms with Gasteiger partial charge in [-0.3, -0.25) is 4.79 Å². The summed E-state index contributed by atoms with van der Waals surface area (Å²) in [5.74, 6) is 0.0865. The van der Waals surface area contributed by atoms with E-state index in [-0.39, 0.29) is 5.91 Å². The number of rotatable bonds is 4. The molecule has 3 aromatic carbocycles. The van der Waals surface area contributed by atoms with Crippen LogP contribution in [0.5, 0.6) is 0 Å². The third-order valence-electron chi connectivity index (χ3n) is 4.91. The highest BCUT2D eigenvalue weighted by atomic mass is 35.5. The van der Waals surface area contributed by atoms with E-state index in [0.717, 1.165) is 33.2 Å². The van der Waals surface area contributed by atoms with Crippen LogP contribution in [-0.4, -0.2) is 20.4 Å². The number of H-pyrrole nitrogens is 1. The molecule has 0 radical (unpaired) electrons. The number of aromatic nitrogens is 3. The number of amides is 1. The number of hydrogen-bond donors (Lipinski definition) is 2. The number of anilines is 1. The number of nitrogens with zero attached hydrogens (tertiary/aromatic N) is 2. The second kappa shape index (κ2) is 7.11. The molecule has 2 N–H and O–H groups in total. The first-order valence-corrected chi connectivity index (χ1v) is 9.63. The minimum atomic E-state index is -0.261. The molecule has 0 aliphatic rings. The van der Waals surface area contributed by atoms with Gasteiger partial charge < -0.3 is 14.9 Å². The van der Waals surface area contributed by atoms with Crippen LogP contribution < -0.4 is 5.32 Å². The minimum Gasteiger partial charge on any atom is -0.361 e. The predicted molar refractivity (Wildman–Crippen MR) is 117 cm³/mol. The molecule has 142 valence electrons. The average molecular weight is 401 g/mol. The van der Waals surface area contributed by atoms with Gasteiger partial charge in [-0.1, -0.05) is 41.9 Å². The van der Waals surface area contributed by atoms with Gasteiger partial charge >= 0.3 is 0 Å². The van der Waals surface area contributed by atoms with Gasteiger partial charge in [0, 0.05) is 34.4 Å². The van der Waals surface area contributed by atoms with Gasteiger partial charge in [-0.05, 0) is 48.0 Å². The molecule has 1 amide bonds. The monoisotopic (exact) mass is 400 g/mol. The summed E-state index contributed by atoms with van der Waals surface area (Å²) >= 11 is 6.21. The van der Waals surface area contributed by atoms with Crippen molar-refractivity contribution in [2.75, 3.05) is 5.32 Å². The van der Waals surface area contributed by atoms with Gasteiger partial charge in [-0.25, -0.2) is 4.98 Å². The number of imidazole rings is 1. The van der Waals surface area contributed by atoms with E-state index in [1.807, 2.05) is 77.5 Å². The molecular formula is C23H17ClN4O. The van der Waals surface area contributed by atoms with E-state index >= 15 is 0 Å². The first-order valence-electron chi connectivity index (χ1n) is 9.25. The Kier molecular flexibility index (Phi) is 4.30. The van der Waals surface area contributed by atoms with Crippen molar-refractivity contribution < 1.29 is 4.79 Å². The maximum absolute atomic E-state index is 13.1. The Bertz CT molecular complexity index is 1340. The van der Waals surface area contributed by atoms with Crippen LogP contribution in [0.4, 0.5) is 5.69 Å². The van der Waals surface area contributed by atoms with E-state index < -0.39 is 0 Å². The summed E-state index contributed by atoms with van der Waals surface area (Å²) in [5.41, 5.74) is 4.38. The number of fused-ring (bicyclic) bond motifs is 2. The molecule has 0 saturated heterocycles. The fourth-order valence-corrected chi connectivity index (χ4v) is 3.68. The summed E-state index contributed by atoms with van der Waals surface area (Å²) < 4.78 is 1.90. The van der Waals surface area contributed by atoms with Crippen LogP contribution in [0.15, 0.2) is 79.0 Å². The first kappa shape index (κ1) is 17.5. The summed E-state index contributed by atoms with van der Waals surface area (Å²) in [5, 5.41) is 4.62. The molecule has 0 aliphatic heterocycles. The van der Waals surface area contributed by atoms with E-state index in [2.05, 4.69) is 15.3 Å². The molecule has 0 atom stereocenters. The van der Waals surface area contributed by atoms with Gasteiger partial charge in [0.2, 0.25) is 5.82 Å². The third-order valence-corrected chi connectivity index (χ3v) is 5.14. The molecule has 0 bridgehead atoms. The Morgan fingerprint density at radius 1 is 1.03 bits per heavy atom. The smallest absolute Gasteiger partial charge is 0.291 e. The highest BCUT2D eigenvalue weighted by Crippen LogP contribution is 2.24. The lowest BCUT2D eigenvalue weighted by Gasteiger charge is -2.10. The van der Waals surface area contributed by atoms with Gasteiger partial charge in [0.05, 0.1) is 11.0 Å². The first-order chi connectivity index (χ1) is 14.2.